The van der Waals surface area contributed by atoms with Crippen LogP contribution in [0.25, 0.3) is 16.5 Å². The molecule has 0 amide bonds. The largest absolute Gasteiger partial charge is 0.494 e. The number of fused-ring (bicyclic) bond motifs is 1. The summed E-state index contributed by atoms with van der Waals surface area (Å²) >= 11 is 3.57. The molecular weight excluding hydrogens is 684 g/mol. The predicted octanol–water partition coefficient (Wildman–Crippen LogP) is 5.76. The van der Waals surface area contributed by atoms with Gasteiger partial charge in [0.15, 0.2) is 0 Å². The number of allylic oxidation sites excluding steroid dienone is 1. The van der Waals surface area contributed by atoms with Crippen molar-refractivity contribution in [2.75, 3.05) is 69.2 Å². The van der Waals surface area contributed by atoms with Crippen molar-refractivity contribution in [3.63, 3.8) is 0 Å². The first-order chi connectivity index (χ1) is 22.6. The Balaban J connectivity index is 1.34. The van der Waals surface area contributed by atoms with Crippen LogP contribution in [0.4, 0.5) is 33.2 Å². The van der Waals surface area contributed by atoms with E-state index in [1.165, 1.54) is 6.20 Å². The van der Waals surface area contributed by atoms with Crippen molar-refractivity contribution in [3.05, 3.63) is 65.0 Å². The fourth-order valence-electron chi connectivity index (χ4n) is 6.26. The average Bonchev–Trinajstić information content (AvgIpc) is 3.52. The number of hydrogen-bond acceptors (Lipinski definition) is 11. The van der Waals surface area contributed by atoms with Crippen molar-refractivity contribution in [2.24, 2.45) is 10.7 Å². The minimum absolute atomic E-state index is 0.291. The number of likely N-dealkylation sites (tertiary alicyclic amines) is 1. The van der Waals surface area contributed by atoms with E-state index in [0.717, 1.165) is 47.2 Å². The molecule has 2 aromatic heterocycles. The van der Waals surface area contributed by atoms with Crippen LogP contribution in [-0.4, -0.2) is 91.9 Å². The molecule has 0 saturated carbocycles. The summed E-state index contributed by atoms with van der Waals surface area (Å²) in [5.41, 5.74) is 10.7. The van der Waals surface area contributed by atoms with Gasteiger partial charge in [0.1, 0.15) is 24.9 Å². The molecule has 0 aliphatic carbocycles. The minimum Gasteiger partial charge on any atom is -0.494 e. The highest BCUT2D eigenvalue weighted by Crippen LogP contribution is 2.43. The molecule has 4 N–H and O–H groups in total. The number of rotatable bonds is 10. The minimum atomic E-state index is -2.72. The number of methoxy groups -OCH3 is 1. The monoisotopic (exact) mass is 721 g/mol. The molecule has 1 atom stereocenters. The van der Waals surface area contributed by atoms with Crippen LogP contribution in [0.2, 0.25) is 0 Å². The van der Waals surface area contributed by atoms with E-state index in [-0.39, 0.29) is 0 Å². The van der Waals surface area contributed by atoms with Crippen molar-refractivity contribution in [2.45, 2.75) is 18.6 Å². The van der Waals surface area contributed by atoms with Gasteiger partial charge < -0.3 is 30.6 Å². The fourth-order valence-corrected chi connectivity index (χ4v) is 8.03. The summed E-state index contributed by atoms with van der Waals surface area (Å²) in [6, 6.07) is 11.8. The molecule has 6 rings (SSSR count). The molecule has 2 fully saturated rings. The summed E-state index contributed by atoms with van der Waals surface area (Å²) in [5, 5.41) is 8.23. The highest BCUT2D eigenvalue weighted by molar-refractivity contribution is 9.10. The van der Waals surface area contributed by atoms with Gasteiger partial charge in [-0.15, -0.1) is 0 Å². The number of anilines is 5. The zero-order chi connectivity index (χ0) is 33.3. The average molecular weight is 723 g/mol. The van der Waals surface area contributed by atoms with Gasteiger partial charge in [0, 0.05) is 97.7 Å². The lowest BCUT2D eigenvalue weighted by Gasteiger charge is -2.39. The normalized spacial score (nSPS) is 17.8. The molecule has 1 unspecified atom stereocenters. The molecule has 0 bridgehead atoms. The number of benzene rings is 2. The first-order valence-electron chi connectivity index (χ1n) is 15.3. The molecule has 4 heterocycles. The van der Waals surface area contributed by atoms with E-state index in [1.807, 2.05) is 36.4 Å². The van der Waals surface area contributed by atoms with Gasteiger partial charge in [0.25, 0.3) is 0 Å². The van der Waals surface area contributed by atoms with Gasteiger partial charge in [-0.05, 0) is 59.9 Å². The molecule has 2 aromatic carbocycles. The second-order valence-corrected chi connectivity index (χ2v) is 16.0. The number of pyridine rings is 1. The van der Waals surface area contributed by atoms with Gasteiger partial charge >= 0.3 is 0 Å². The van der Waals surface area contributed by atoms with Crippen molar-refractivity contribution in [3.8, 4) is 5.75 Å². The number of ether oxygens (including phenoxy) is 1. The maximum atomic E-state index is 13.6. The summed E-state index contributed by atoms with van der Waals surface area (Å²) in [4.78, 5) is 22.5. The third kappa shape index (κ3) is 6.83. The van der Waals surface area contributed by atoms with Crippen LogP contribution in [0.5, 0.6) is 5.75 Å². The van der Waals surface area contributed by atoms with Crippen LogP contribution in [-0.2, 0) is 4.57 Å². The number of nitrogens with two attached hydrogens (primary N) is 1. The number of nitrogens with zero attached hydrogens (tertiary/aromatic N) is 6. The highest BCUT2D eigenvalue weighted by atomic mass is 79.9. The van der Waals surface area contributed by atoms with Gasteiger partial charge in [0.05, 0.1) is 28.5 Å². The third-order valence-corrected chi connectivity index (χ3v) is 10.6. The Hall–Kier alpha value is -4.06. The molecule has 47 heavy (non-hydrogen) atoms. The van der Waals surface area contributed by atoms with Crippen molar-refractivity contribution >= 4 is 79.9 Å². The Morgan fingerprint density at radius 2 is 1.98 bits per heavy atom. The zero-order valence-electron chi connectivity index (χ0n) is 26.7. The van der Waals surface area contributed by atoms with Gasteiger partial charge in [-0.1, -0.05) is 6.07 Å². The highest BCUT2D eigenvalue weighted by Gasteiger charge is 2.37. The molecule has 14 heteroatoms. The van der Waals surface area contributed by atoms with E-state index >= 15 is 0 Å². The first kappa shape index (κ1) is 32.9. The maximum Gasteiger partial charge on any atom is 0.229 e. The smallest absolute Gasteiger partial charge is 0.229 e. The van der Waals surface area contributed by atoms with Gasteiger partial charge in [-0.2, -0.15) is 4.98 Å². The van der Waals surface area contributed by atoms with Crippen molar-refractivity contribution in [1.29, 1.82) is 0 Å². The van der Waals surface area contributed by atoms with Gasteiger partial charge in [-0.3, -0.25) is 14.9 Å². The van der Waals surface area contributed by atoms with Crippen LogP contribution in [0.3, 0.4) is 0 Å². The SMILES string of the molecule is CN=CC(=CN)c1cc(Nc2ncc(Br)c(Nc3ccc4ncccc4c3P(C)(C)=O)n2)c(OC)cc1N1CCC(N2CC(F)C2)C1. The fraction of sp³-hybridized carbons (Fsp3) is 0.333. The number of alkyl halides is 1. The van der Waals surface area contributed by atoms with Crippen LogP contribution < -0.4 is 31.3 Å². The number of aliphatic imine (C=N–C) groups is 1. The molecule has 4 aromatic rings. The predicted molar refractivity (Wildman–Crippen MR) is 194 cm³/mol. The molecular formula is C33H38BrFN9O2P. The Kier molecular flexibility index (Phi) is 9.50. The van der Waals surface area contributed by atoms with Crippen molar-refractivity contribution < 1.29 is 13.7 Å². The first-order valence-corrected chi connectivity index (χ1v) is 18.7. The Bertz CT molecular complexity index is 1910. The Morgan fingerprint density at radius 1 is 1.17 bits per heavy atom. The number of hydrogen-bond donors (Lipinski definition) is 3. The zero-order valence-corrected chi connectivity index (χ0v) is 29.2. The second kappa shape index (κ2) is 13.6. The van der Waals surface area contributed by atoms with Gasteiger partial charge in [-0.25, -0.2) is 9.37 Å². The number of halogens is 2. The topological polar surface area (TPSA) is 134 Å². The van der Waals surface area contributed by atoms with Crippen LogP contribution in [0.1, 0.15) is 12.0 Å². The molecule has 0 spiro atoms. The van der Waals surface area contributed by atoms with Gasteiger partial charge in [0.2, 0.25) is 5.95 Å². The van der Waals surface area contributed by atoms with Crippen LogP contribution in [0, 0.1) is 0 Å². The van der Waals surface area contributed by atoms with Crippen molar-refractivity contribution in [1.82, 2.24) is 19.9 Å². The molecule has 246 valence electrons. The Morgan fingerprint density at radius 3 is 2.68 bits per heavy atom. The standard InChI is InChI=1S/C33H38BrFN9O2P/c1-37-15-20(14-36)24-12-28(30(46-2)13-29(24)43-11-9-22(19-43)44-17-21(35)18-44)41-33-39-16-25(34)32(42-33)40-27-8-7-26-23(6-5-10-38-26)31(27)47(3,4)45/h5-8,10,12-16,21-22H,9,11,17-19,36H2,1-4H3,(H2,39,40,41,42). The van der Waals surface area contributed by atoms with E-state index in [2.05, 4.69) is 51.3 Å². The molecule has 2 saturated heterocycles. The second-order valence-electron chi connectivity index (χ2n) is 12.0. The van der Waals surface area contributed by atoms with E-state index in [0.29, 0.717) is 57.8 Å². The van der Waals surface area contributed by atoms with Crippen LogP contribution >= 0.6 is 23.1 Å². The van der Waals surface area contributed by atoms with E-state index in [4.69, 9.17) is 15.5 Å². The lowest BCUT2D eigenvalue weighted by Crippen LogP contribution is -2.54. The number of nitrogens with one attached hydrogen (secondary N) is 2. The van der Waals surface area contributed by atoms with E-state index in [9.17, 15) is 8.96 Å². The quantitative estimate of drug-likeness (QED) is 0.137. The lowest BCUT2D eigenvalue weighted by molar-refractivity contribution is 0.0347. The lowest BCUT2D eigenvalue weighted by atomic mass is 10.0. The molecule has 11 nitrogen and oxygen atoms in total. The summed E-state index contributed by atoms with van der Waals surface area (Å²) in [5.74, 6) is 1.39. The summed E-state index contributed by atoms with van der Waals surface area (Å²) < 4.78 is 33.6. The molecule has 2 aliphatic heterocycles. The molecule has 2 aliphatic rings. The van der Waals surface area contributed by atoms with E-state index in [1.54, 1.807) is 46.1 Å². The summed E-state index contributed by atoms with van der Waals surface area (Å²) in [7, 11) is 0.594. The van der Waals surface area contributed by atoms with E-state index < -0.39 is 13.3 Å². The summed E-state index contributed by atoms with van der Waals surface area (Å²) in [6.45, 7) is 6.07. The Labute approximate surface area is 282 Å². The molecule has 0 radical (unpaired) electrons. The number of aromatic nitrogens is 3. The van der Waals surface area contributed by atoms with Crippen LogP contribution in [0.15, 0.2) is 64.5 Å². The maximum absolute atomic E-state index is 13.6. The summed E-state index contributed by atoms with van der Waals surface area (Å²) in [6.07, 6.45) is 6.84. The third-order valence-electron chi connectivity index (χ3n) is 8.50.